The Morgan fingerprint density at radius 1 is 1.56 bits per heavy atom. The molecule has 1 fully saturated rings. The van der Waals surface area contributed by atoms with E-state index in [1.807, 2.05) is 0 Å². The molecule has 96 valence electrons. The first-order valence-corrected chi connectivity index (χ1v) is 5.50. The number of nitrogens with zero attached hydrogens (tertiary/aromatic N) is 1. The number of rotatable bonds is 2. The number of carbonyl (C=O) groups is 2. The van der Waals surface area contributed by atoms with E-state index >= 15 is 0 Å². The molecule has 1 aromatic rings. The van der Waals surface area contributed by atoms with Gasteiger partial charge >= 0.3 is 5.97 Å². The molecule has 1 unspecified atom stereocenters. The highest BCUT2D eigenvalue weighted by molar-refractivity contribution is 5.93. The van der Waals surface area contributed by atoms with E-state index in [1.165, 1.54) is 17.0 Å². The van der Waals surface area contributed by atoms with Gasteiger partial charge in [-0.2, -0.15) is 0 Å². The lowest BCUT2D eigenvalue weighted by atomic mass is 10.2. The third-order valence-corrected chi connectivity index (χ3v) is 2.84. The first kappa shape index (κ1) is 12.3. The van der Waals surface area contributed by atoms with Crippen LogP contribution in [0.4, 0.5) is 10.1 Å². The van der Waals surface area contributed by atoms with Gasteiger partial charge in [-0.05, 0) is 18.2 Å². The lowest BCUT2D eigenvalue weighted by Gasteiger charge is -2.12. The number of nitrogen functional groups attached to an aromatic ring is 1. The minimum atomic E-state index is -0.846. The molecule has 1 aromatic carbocycles. The van der Waals surface area contributed by atoms with Crippen LogP contribution in [0.2, 0.25) is 0 Å². The van der Waals surface area contributed by atoms with Crippen LogP contribution in [-0.4, -0.2) is 36.5 Å². The Balaban J connectivity index is 2.11. The van der Waals surface area contributed by atoms with Crippen LogP contribution in [0.1, 0.15) is 16.8 Å². The molecule has 0 saturated carbocycles. The van der Waals surface area contributed by atoms with E-state index in [9.17, 15) is 14.0 Å². The third-order valence-electron chi connectivity index (χ3n) is 2.84. The molecule has 18 heavy (non-hydrogen) atoms. The van der Waals surface area contributed by atoms with Gasteiger partial charge in [0.05, 0.1) is 5.56 Å². The highest BCUT2D eigenvalue weighted by atomic mass is 19.1. The number of benzene rings is 1. The van der Waals surface area contributed by atoms with Crippen molar-refractivity contribution in [2.75, 3.05) is 19.3 Å². The Morgan fingerprint density at radius 3 is 2.83 bits per heavy atom. The molecular weight excluding hydrogens is 239 g/mol. The standard InChI is InChI=1S/C12H13FN2O3/c1-15-5-4-10(11(15)16)18-12(17)8-3-2-7(14)6-9(8)13/h2-3,6,10H,4-5,14H2,1H3. The van der Waals surface area contributed by atoms with Crippen LogP contribution in [0.5, 0.6) is 0 Å². The van der Waals surface area contributed by atoms with Crippen molar-refractivity contribution in [3.8, 4) is 0 Å². The number of anilines is 1. The SMILES string of the molecule is CN1CCC(OC(=O)c2ccc(N)cc2F)C1=O. The van der Waals surface area contributed by atoms with Gasteiger partial charge in [-0.15, -0.1) is 0 Å². The fourth-order valence-corrected chi connectivity index (χ4v) is 1.79. The van der Waals surface area contributed by atoms with E-state index in [1.54, 1.807) is 7.05 Å². The summed E-state index contributed by atoms with van der Waals surface area (Å²) in [5.74, 6) is -1.86. The molecule has 2 rings (SSSR count). The van der Waals surface area contributed by atoms with Gasteiger partial charge in [0.1, 0.15) is 5.82 Å². The minimum Gasteiger partial charge on any atom is -0.449 e. The predicted molar refractivity (Wildman–Crippen MR) is 62.3 cm³/mol. The van der Waals surface area contributed by atoms with Crippen LogP contribution < -0.4 is 5.73 Å². The Hall–Kier alpha value is -2.11. The predicted octanol–water partition coefficient (Wildman–Crippen LogP) is 0.795. The third kappa shape index (κ3) is 2.27. The van der Waals surface area contributed by atoms with E-state index in [4.69, 9.17) is 10.5 Å². The smallest absolute Gasteiger partial charge is 0.341 e. The normalized spacial score (nSPS) is 19.1. The Labute approximate surface area is 103 Å². The average molecular weight is 252 g/mol. The number of esters is 1. The molecule has 1 amide bonds. The number of halogens is 1. The molecule has 0 aromatic heterocycles. The first-order valence-electron chi connectivity index (χ1n) is 5.50. The average Bonchev–Trinajstić information content (AvgIpc) is 2.61. The summed E-state index contributed by atoms with van der Waals surface area (Å²) in [4.78, 5) is 24.7. The fourth-order valence-electron chi connectivity index (χ4n) is 1.79. The van der Waals surface area contributed by atoms with Crippen LogP contribution in [0, 0.1) is 5.82 Å². The molecule has 0 radical (unpaired) electrons. The maximum atomic E-state index is 13.5. The van der Waals surface area contributed by atoms with Crippen LogP contribution in [0.15, 0.2) is 18.2 Å². The number of hydrogen-bond donors (Lipinski definition) is 1. The summed E-state index contributed by atoms with van der Waals surface area (Å²) in [6.45, 7) is 0.529. The molecule has 0 spiro atoms. The van der Waals surface area contributed by atoms with Crippen molar-refractivity contribution < 1.29 is 18.7 Å². The molecule has 0 aliphatic carbocycles. The Kier molecular flexibility index (Phi) is 3.18. The van der Waals surface area contributed by atoms with Crippen LogP contribution in [0.25, 0.3) is 0 Å². The van der Waals surface area contributed by atoms with Crippen molar-refractivity contribution in [2.45, 2.75) is 12.5 Å². The number of hydrogen-bond acceptors (Lipinski definition) is 4. The maximum Gasteiger partial charge on any atom is 0.341 e. The monoisotopic (exact) mass is 252 g/mol. The van der Waals surface area contributed by atoms with Crippen molar-refractivity contribution >= 4 is 17.6 Å². The Morgan fingerprint density at radius 2 is 2.28 bits per heavy atom. The second-order valence-corrected chi connectivity index (χ2v) is 4.18. The van der Waals surface area contributed by atoms with Crippen molar-refractivity contribution in [1.29, 1.82) is 0 Å². The number of ether oxygens (including phenoxy) is 1. The molecular formula is C12H13FN2O3. The van der Waals surface area contributed by atoms with E-state index in [-0.39, 0.29) is 17.2 Å². The van der Waals surface area contributed by atoms with Gasteiger partial charge in [-0.3, -0.25) is 4.79 Å². The summed E-state index contributed by atoms with van der Waals surface area (Å²) < 4.78 is 18.5. The summed E-state index contributed by atoms with van der Waals surface area (Å²) in [6, 6.07) is 3.69. The van der Waals surface area contributed by atoms with Gasteiger partial charge < -0.3 is 15.4 Å². The highest BCUT2D eigenvalue weighted by Crippen LogP contribution is 2.17. The topological polar surface area (TPSA) is 72.6 Å². The number of nitrogens with two attached hydrogens (primary N) is 1. The van der Waals surface area contributed by atoms with Crippen LogP contribution in [-0.2, 0) is 9.53 Å². The first-order chi connectivity index (χ1) is 8.49. The lowest BCUT2D eigenvalue weighted by molar-refractivity contribution is -0.133. The van der Waals surface area contributed by atoms with Gasteiger partial charge in [-0.1, -0.05) is 0 Å². The molecule has 1 atom stereocenters. The van der Waals surface area contributed by atoms with Gasteiger partial charge in [0.25, 0.3) is 5.91 Å². The lowest BCUT2D eigenvalue weighted by Crippen LogP contribution is -2.29. The quantitative estimate of drug-likeness (QED) is 0.624. The summed E-state index contributed by atoms with van der Waals surface area (Å²) in [6.07, 6.45) is -0.392. The zero-order valence-corrected chi connectivity index (χ0v) is 9.85. The van der Waals surface area contributed by atoms with Crippen molar-refractivity contribution in [3.63, 3.8) is 0 Å². The molecule has 6 heteroatoms. The maximum absolute atomic E-state index is 13.5. The summed E-state index contributed by atoms with van der Waals surface area (Å²) >= 11 is 0. The van der Waals surface area contributed by atoms with Gasteiger partial charge in [0.15, 0.2) is 6.10 Å². The number of likely N-dealkylation sites (N-methyl/N-ethyl adjacent to an activating group) is 1. The molecule has 1 aliphatic heterocycles. The minimum absolute atomic E-state index is 0.216. The molecule has 5 nitrogen and oxygen atoms in total. The molecule has 1 saturated heterocycles. The second-order valence-electron chi connectivity index (χ2n) is 4.18. The van der Waals surface area contributed by atoms with E-state index < -0.39 is 17.9 Å². The highest BCUT2D eigenvalue weighted by Gasteiger charge is 2.33. The Bertz CT molecular complexity index is 504. The van der Waals surface area contributed by atoms with Gasteiger partial charge in [0.2, 0.25) is 0 Å². The molecule has 1 heterocycles. The number of carbonyl (C=O) groups excluding carboxylic acids is 2. The summed E-state index contributed by atoms with van der Waals surface area (Å²) in [5, 5.41) is 0. The second kappa shape index (κ2) is 4.64. The van der Waals surface area contributed by atoms with Crippen LogP contribution in [0.3, 0.4) is 0 Å². The van der Waals surface area contributed by atoms with Gasteiger partial charge in [-0.25, -0.2) is 9.18 Å². The number of likely N-dealkylation sites (tertiary alicyclic amines) is 1. The number of amides is 1. The fraction of sp³-hybridized carbons (Fsp3) is 0.333. The van der Waals surface area contributed by atoms with E-state index in [0.29, 0.717) is 13.0 Å². The van der Waals surface area contributed by atoms with E-state index in [2.05, 4.69) is 0 Å². The zero-order chi connectivity index (χ0) is 13.3. The molecule has 0 bridgehead atoms. The summed E-state index contributed by atoms with van der Waals surface area (Å²) in [5.41, 5.74) is 5.39. The van der Waals surface area contributed by atoms with Crippen molar-refractivity contribution in [1.82, 2.24) is 4.90 Å². The largest absolute Gasteiger partial charge is 0.449 e. The van der Waals surface area contributed by atoms with Crippen molar-refractivity contribution in [3.05, 3.63) is 29.6 Å². The molecule has 1 aliphatic rings. The van der Waals surface area contributed by atoms with E-state index in [0.717, 1.165) is 6.07 Å². The summed E-state index contributed by atoms with van der Waals surface area (Å²) in [7, 11) is 1.62. The van der Waals surface area contributed by atoms with Crippen molar-refractivity contribution in [2.24, 2.45) is 0 Å². The zero-order valence-electron chi connectivity index (χ0n) is 9.85. The molecule has 2 N–H and O–H groups in total. The van der Waals surface area contributed by atoms with Gasteiger partial charge in [0, 0.05) is 25.7 Å². The van der Waals surface area contributed by atoms with Crippen LogP contribution >= 0.6 is 0 Å².